The SMILES string of the molecule is CNCCNC(=O)c1sc(-c2ccc(C)o2)nc1C. The number of rotatable bonds is 5. The maximum atomic E-state index is 12.0. The Kier molecular flexibility index (Phi) is 4.34. The Labute approximate surface area is 116 Å². The van der Waals surface area contributed by atoms with Gasteiger partial charge in [0.1, 0.15) is 10.6 Å². The van der Waals surface area contributed by atoms with E-state index in [0.29, 0.717) is 17.2 Å². The number of likely N-dealkylation sites (N-methyl/N-ethyl adjacent to an activating group) is 1. The molecule has 0 unspecified atom stereocenters. The zero-order chi connectivity index (χ0) is 13.8. The molecule has 0 aliphatic heterocycles. The molecule has 19 heavy (non-hydrogen) atoms. The van der Waals surface area contributed by atoms with Crippen LogP contribution in [0.1, 0.15) is 21.1 Å². The average molecular weight is 279 g/mol. The summed E-state index contributed by atoms with van der Waals surface area (Å²) in [6, 6.07) is 3.76. The second-order valence-electron chi connectivity index (χ2n) is 4.20. The van der Waals surface area contributed by atoms with Crippen LogP contribution < -0.4 is 10.6 Å². The standard InChI is InChI=1S/C13H17N3O2S/c1-8-4-5-10(18-8)13-16-9(2)11(19-13)12(17)15-7-6-14-3/h4-5,14H,6-7H2,1-3H3,(H,15,17). The summed E-state index contributed by atoms with van der Waals surface area (Å²) in [5, 5.41) is 6.57. The van der Waals surface area contributed by atoms with Crippen molar-refractivity contribution in [3.8, 4) is 10.8 Å². The molecule has 2 rings (SSSR count). The number of nitrogens with one attached hydrogen (secondary N) is 2. The van der Waals surface area contributed by atoms with Crippen LogP contribution in [-0.4, -0.2) is 31.0 Å². The minimum Gasteiger partial charge on any atom is -0.459 e. The van der Waals surface area contributed by atoms with E-state index >= 15 is 0 Å². The van der Waals surface area contributed by atoms with Gasteiger partial charge in [-0.15, -0.1) is 11.3 Å². The molecule has 2 heterocycles. The second-order valence-corrected chi connectivity index (χ2v) is 5.20. The normalized spacial score (nSPS) is 10.7. The van der Waals surface area contributed by atoms with Gasteiger partial charge in [0.2, 0.25) is 0 Å². The number of amides is 1. The lowest BCUT2D eigenvalue weighted by molar-refractivity contribution is 0.0957. The fraction of sp³-hybridized carbons (Fsp3) is 0.385. The zero-order valence-corrected chi connectivity index (χ0v) is 12.1. The van der Waals surface area contributed by atoms with Crippen LogP contribution in [0.3, 0.4) is 0 Å². The number of nitrogens with zero attached hydrogens (tertiary/aromatic N) is 1. The largest absolute Gasteiger partial charge is 0.459 e. The Morgan fingerprint density at radius 2 is 2.16 bits per heavy atom. The quantitative estimate of drug-likeness (QED) is 0.821. The van der Waals surface area contributed by atoms with E-state index in [1.807, 2.05) is 33.0 Å². The van der Waals surface area contributed by atoms with E-state index in [-0.39, 0.29) is 5.91 Å². The minimum absolute atomic E-state index is 0.0835. The molecule has 0 saturated heterocycles. The van der Waals surface area contributed by atoms with E-state index in [9.17, 15) is 4.79 Å². The third-order valence-electron chi connectivity index (χ3n) is 2.61. The van der Waals surface area contributed by atoms with Crippen molar-refractivity contribution in [2.75, 3.05) is 20.1 Å². The van der Waals surface area contributed by atoms with Gasteiger partial charge in [-0.1, -0.05) is 0 Å². The van der Waals surface area contributed by atoms with Crippen LogP contribution in [0.15, 0.2) is 16.5 Å². The first kappa shape index (κ1) is 13.8. The second kappa shape index (κ2) is 5.99. The molecule has 5 nitrogen and oxygen atoms in total. The highest BCUT2D eigenvalue weighted by atomic mass is 32.1. The van der Waals surface area contributed by atoms with Crippen molar-refractivity contribution in [2.45, 2.75) is 13.8 Å². The Morgan fingerprint density at radius 3 is 2.79 bits per heavy atom. The van der Waals surface area contributed by atoms with E-state index in [1.54, 1.807) is 0 Å². The van der Waals surface area contributed by atoms with Gasteiger partial charge >= 0.3 is 0 Å². The number of hydrogen-bond acceptors (Lipinski definition) is 5. The number of furan rings is 1. The van der Waals surface area contributed by atoms with E-state index in [1.165, 1.54) is 11.3 Å². The van der Waals surface area contributed by atoms with Gasteiger partial charge in [-0.2, -0.15) is 0 Å². The number of aryl methyl sites for hydroxylation is 2. The van der Waals surface area contributed by atoms with Crippen molar-refractivity contribution in [3.63, 3.8) is 0 Å². The van der Waals surface area contributed by atoms with Crippen LogP contribution in [0.4, 0.5) is 0 Å². The van der Waals surface area contributed by atoms with Crippen LogP contribution in [0, 0.1) is 13.8 Å². The first-order chi connectivity index (χ1) is 9.11. The summed E-state index contributed by atoms with van der Waals surface area (Å²) >= 11 is 1.35. The fourth-order valence-electron chi connectivity index (χ4n) is 1.64. The molecule has 0 aliphatic rings. The fourth-order valence-corrected chi connectivity index (χ4v) is 2.59. The molecule has 2 aromatic heterocycles. The molecule has 2 N–H and O–H groups in total. The lowest BCUT2D eigenvalue weighted by Crippen LogP contribution is -2.30. The maximum Gasteiger partial charge on any atom is 0.263 e. The molecule has 102 valence electrons. The summed E-state index contributed by atoms with van der Waals surface area (Å²) in [6.45, 7) is 5.06. The molecule has 0 saturated carbocycles. The van der Waals surface area contributed by atoms with Crippen LogP contribution in [0.25, 0.3) is 10.8 Å². The first-order valence-corrected chi connectivity index (χ1v) is 6.90. The van der Waals surface area contributed by atoms with Crippen molar-refractivity contribution >= 4 is 17.2 Å². The number of hydrogen-bond donors (Lipinski definition) is 2. The highest BCUT2D eigenvalue weighted by Gasteiger charge is 2.17. The van der Waals surface area contributed by atoms with Crippen LogP contribution in [-0.2, 0) is 0 Å². The van der Waals surface area contributed by atoms with Crippen LogP contribution >= 0.6 is 11.3 Å². The van der Waals surface area contributed by atoms with Gasteiger partial charge in [0.25, 0.3) is 5.91 Å². The lowest BCUT2D eigenvalue weighted by Gasteiger charge is -2.02. The maximum absolute atomic E-state index is 12.0. The van der Waals surface area contributed by atoms with Gasteiger partial charge in [0, 0.05) is 13.1 Å². The first-order valence-electron chi connectivity index (χ1n) is 6.09. The van der Waals surface area contributed by atoms with Gasteiger partial charge < -0.3 is 15.1 Å². The van der Waals surface area contributed by atoms with E-state index < -0.39 is 0 Å². The molecule has 0 spiro atoms. The average Bonchev–Trinajstić information content (AvgIpc) is 2.95. The Hall–Kier alpha value is -1.66. The van der Waals surface area contributed by atoms with Crippen molar-refractivity contribution in [1.29, 1.82) is 0 Å². The highest BCUT2D eigenvalue weighted by molar-refractivity contribution is 7.17. The summed E-state index contributed by atoms with van der Waals surface area (Å²) in [5.41, 5.74) is 0.732. The smallest absolute Gasteiger partial charge is 0.263 e. The summed E-state index contributed by atoms with van der Waals surface area (Å²) < 4.78 is 5.52. The van der Waals surface area contributed by atoms with Gasteiger partial charge in [-0.25, -0.2) is 4.98 Å². The summed E-state index contributed by atoms with van der Waals surface area (Å²) in [7, 11) is 1.85. The predicted molar refractivity (Wildman–Crippen MR) is 75.5 cm³/mol. The minimum atomic E-state index is -0.0835. The van der Waals surface area contributed by atoms with Crippen molar-refractivity contribution < 1.29 is 9.21 Å². The molecule has 0 bridgehead atoms. The lowest BCUT2D eigenvalue weighted by atomic mass is 10.3. The Bertz CT molecular complexity index is 574. The number of thiazole rings is 1. The van der Waals surface area contributed by atoms with Gasteiger partial charge in [-0.3, -0.25) is 4.79 Å². The molecular weight excluding hydrogens is 262 g/mol. The molecular formula is C13H17N3O2S. The third-order valence-corrected chi connectivity index (χ3v) is 3.79. The van der Waals surface area contributed by atoms with E-state index in [0.717, 1.165) is 23.0 Å². The predicted octanol–water partition coefficient (Wildman–Crippen LogP) is 1.97. The van der Waals surface area contributed by atoms with Crippen LogP contribution in [0.2, 0.25) is 0 Å². The van der Waals surface area contributed by atoms with Crippen molar-refractivity contribution in [3.05, 3.63) is 28.5 Å². The summed E-state index contributed by atoms with van der Waals surface area (Å²) in [6.07, 6.45) is 0. The van der Waals surface area contributed by atoms with Crippen molar-refractivity contribution in [2.24, 2.45) is 0 Å². The molecule has 0 aliphatic carbocycles. The van der Waals surface area contributed by atoms with Gasteiger partial charge in [0.15, 0.2) is 10.8 Å². The zero-order valence-electron chi connectivity index (χ0n) is 11.2. The molecule has 6 heteroatoms. The van der Waals surface area contributed by atoms with Crippen LogP contribution in [0.5, 0.6) is 0 Å². The molecule has 0 aromatic carbocycles. The summed E-state index contributed by atoms with van der Waals surface area (Å²) in [5.74, 6) is 1.46. The number of aromatic nitrogens is 1. The van der Waals surface area contributed by atoms with Gasteiger partial charge in [0.05, 0.1) is 5.69 Å². The Balaban J connectivity index is 2.14. The Morgan fingerprint density at radius 1 is 1.37 bits per heavy atom. The molecule has 2 aromatic rings. The topological polar surface area (TPSA) is 67.2 Å². The van der Waals surface area contributed by atoms with Gasteiger partial charge in [-0.05, 0) is 33.0 Å². The van der Waals surface area contributed by atoms with Crippen molar-refractivity contribution in [1.82, 2.24) is 15.6 Å². The number of carbonyl (C=O) groups excluding carboxylic acids is 1. The number of carbonyl (C=O) groups is 1. The highest BCUT2D eigenvalue weighted by Crippen LogP contribution is 2.29. The third kappa shape index (κ3) is 3.21. The van der Waals surface area contributed by atoms with E-state index in [2.05, 4.69) is 15.6 Å². The molecule has 0 radical (unpaired) electrons. The molecule has 0 atom stereocenters. The molecule has 0 fully saturated rings. The van der Waals surface area contributed by atoms with E-state index in [4.69, 9.17) is 4.42 Å². The summed E-state index contributed by atoms with van der Waals surface area (Å²) in [4.78, 5) is 17.0. The molecule has 1 amide bonds. The monoisotopic (exact) mass is 279 g/mol.